The van der Waals surface area contributed by atoms with E-state index in [9.17, 15) is 13.2 Å². The van der Waals surface area contributed by atoms with Gasteiger partial charge in [-0.1, -0.05) is 0 Å². The average molecular weight is 219 g/mol. The van der Waals surface area contributed by atoms with Gasteiger partial charge >= 0.3 is 5.97 Å². The molecule has 0 radical (unpaired) electrons. The van der Waals surface area contributed by atoms with Gasteiger partial charge in [0.2, 0.25) is 10.0 Å². The van der Waals surface area contributed by atoms with Crippen LogP contribution in [0.4, 0.5) is 0 Å². The second-order valence-corrected chi connectivity index (χ2v) is 4.35. The number of aliphatic carboxylic acids is 1. The van der Waals surface area contributed by atoms with Crippen LogP contribution in [0, 0.1) is 0 Å². The third-order valence-electron chi connectivity index (χ3n) is 1.51. The quantitative estimate of drug-likeness (QED) is 0.744. The molecule has 0 aromatic carbocycles. The molecule has 6 nitrogen and oxygen atoms in total. The minimum absolute atomic E-state index is 0.0920. The second kappa shape index (κ2) is 3.81. The van der Waals surface area contributed by atoms with Crippen molar-refractivity contribution < 1.29 is 22.7 Å². The van der Waals surface area contributed by atoms with Gasteiger partial charge in [-0.15, -0.1) is 0 Å². The fourth-order valence-corrected chi connectivity index (χ4v) is 1.88. The Morgan fingerprint density at radius 2 is 2.29 bits per heavy atom. The standard InChI is InChI=1S/C7H9NO5S/c1-5(7(9)10)8-14(11,12)6-2-3-13-4-6/h2-5,8H,1H3,(H,9,10)/t5-/m0/s1. The van der Waals surface area contributed by atoms with Crippen LogP contribution in [-0.2, 0) is 14.8 Å². The number of nitrogens with one attached hydrogen (secondary N) is 1. The third-order valence-corrected chi connectivity index (χ3v) is 3.02. The highest BCUT2D eigenvalue weighted by molar-refractivity contribution is 7.89. The fraction of sp³-hybridized carbons (Fsp3) is 0.286. The molecule has 0 aliphatic carbocycles. The average Bonchev–Trinajstić information content (AvgIpc) is 2.54. The minimum atomic E-state index is -3.79. The molecule has 0 aliphatic heterocycles. The molecule has 1 aromatic rings. The molecule has 1 atom stereocenters. The van der Waals surface area contributed by atoms with Gasteiger partial charge in [0.25, 0.3) is 0 Å². The summed E-state index contributed by atoms with van der Waals surface area (Å²) in [6.07, 6.45) is 2.22. The van der Waals surface area contributed by atoms with E-state index in [1.54, 1.807) is 0 Å². The van der Waals surface area contributed by atoms with E-state index in [2.05, 4.69) is 4.42 Å². The van der Waals surface area contributed by atoms with Gasteiger partial charge in [0.05, 0.1) is 6.26 Å². The summed E-state index contributed by atoms with van der Waals surface area (Å²) in [7, 11) is -3.79. The highest BCUT2D eigenvalue weighted by atomic mass is 32.2. The summed E-state index contributed by atoms with van der Waals surface area (Å²) in [6.45, 7) is 1.24. The van der Waals surface area contributed by atoms with Crippen LogP contribution in [0.5, 0.6) is 0 Å². The van der Waals surface area contributed by atoms with Gasteiger partial charge in [-0.3, -0.25) is 4.79 Å². The van der Waals surface area contributed by atoms with Crippen LogP contribution in [0.1, 0.15) is 6.92 Å². The van der Waals surface area contributed by atoms with Crippen LogP contribution in [0.3, 0.4) is 0 Å². The molecule has 78 valence electrons. The lowest BCUT2D eigenvalue weighted by Gasteiger charge is -2.07. The number of sulfonamides is 1. The van der Waals surface area contributed by atoms with E-state index in [1.807, 2.05) is 4.72 Å². The zero-order chi connectivity index (χ0) is 10.8. The second-order valence-electron chi connectivity index (χ2n) is 2.64. The summed E-state index contributed by atoms with van der Waals surface area (Å²) in [4.78, 5) is 10.3. The molecule has 0 spiro atoms. The van der Waals surface area contributed by atoms with Crippen molar-refractivity contribution in [1.29, 1.82) is 0 Å². The van der Waals surface area contributed by atoms with Crippen molar-refractivity contribution in [1.82, 2.24) is 4.72 Å². The number of hydrogen-bond donors (Lipinski definition) is 2. The van der Waals surface area contributed by atoms with E-state index >= 15 is 0 Å². The first-order chi connectivity index (χ1) is 6.43. The van der Waals surface area contributed by atoms with Gasteiger partial charge in [0.15, 0.2) is 0 Å². The first-order valence-electron chi connectivity index (χ1n) is 3.71. The van der Waals surface area contributed by atoms with Gasteiger partial charge in [-0.25, -0.2) is 8.42 Å². The van der Waals surface area contributed by atoms with Crippen molar-refractivity contribution in [3.8, 4) is 0 Å². The molecule has 0 fully saturated rings. The molecule has 0 aliphatic rings. The van der Waals surface area contributed by atoms with Gasteiger partial charge in [-0.05, 0) is 13.0 Å². The molecule has 0 amide bonds. The van der Waals surface area contributed by atoms with Crippen LogP contribution >= 0.6 is 0 Å². The van der Waals surface area contributed by atoms with Gasteiger partial charge in [0.1, 0.15) is 17.2 Å². The molecule has 2 N–H and O–H groups in total. The van der Waals surface area contributed by atoms with Crippen molar-refractivity contribution >= 4 is 16.0 Å². The minimum Gasteiger partial charge on any atom is -0.480 e. The maximum absolute atomic E-state index is 11.4. The van der Waals surface area contributed by atoms with Crippen molar-refractivity contribution in [2.45, 2.75) is 17.9 Å². The predicted octanol–water partition coefficient (Wildman–Crippen LogP) is 0.0310. The molecule has 1 heterocycles. The van der Waals surface area contributed by atoms with Crippen LogP contribution in [-0.4, -0.2) is 25.5 Å². The molecule has 1 rings (SSSR count). The maximum Gasteiger partial charge on any atom is 0.321 e. The van der Waals surface area contributed by atoms with E-state index in [1.165, 1.54) is 19.3 Å². The van der Waals surface area contributed by atoms with Crippen LogP contribution in [0.25, 0.3) is 0 Å². The summed E-state index contributed by atoms with van der Waals surface area (Å²) in [6, 6.07) is 0.0617. The summed E-state index contributed by atoms with van der Waals surface area (Å²) in [5.74, 6) is -1.24. The zero-order valence-corrected chi connectivity index (χ0v) is 8.11. The van der Waals surface area contributed by atoms with Gasteiger partial charge < -0.3 is 9.52 Å². The molecule has 0 bridgehead atoms. The number of carboxylic acids is 1. The Morgan fingerprint density at radius 1 is 1.64 bits per heavy atom. The van der Waals surface area contributed by atoms with E-state index in [0.717, 1.165) is 6.26 Å². The Bertz CT molecular complexity index is 407. The number of rotatable bonds is 4. The van der Waals surface area contributed by atoms with E-state index in [-0.39, 0.29) is 4.90 Å². The molecular formula is C7H9NO5S. The Balaban J connectivity index is 2.84. The molecular weight excluding hydrogens is 210 g/mol. The largest absolute Gasteiger partial charge is 0.480 e. The Hall–Kier alpha value is -1.34. The van der Waals surface area contributed by atoms with Crippen molar-refractivity contribution in [3.63, 3.8) is 0 Å². The van der Waals surface area contributed by atoms with Crippen molar-refractivity contribution in [2.75, 3.05) is 0 Å². The summed E-state index contributed by atoms with van der Waals surface area (Å²) < 4.78 is 29.3. The van der Waals surface area contributed by atoms with Crippen LogP contribution in [0.15, 0.2) is 27.9 Å². The molecule has 14 heavy (non-hydrogen) atoms. The van der Waals surface area contributed by atoms with Gasteiger partial charge in [-0.2, -0.15) is 4.72 Å². The first-order valence-corrected chi connectivity index (χ1v) is 5.19. The van der Waals surface area contributed by atoms with E-state index in [4.69, 9.17) is 5.11 Å². The number of furan rings is 1. The summed E-state index contributed by atoms with van der Waals surface area (Å²) in [5.41, 5.74) is 0. The number of hydrogen-bond acceptors (Lipinski definition) is 4. The number of carboxylic acid groups (broad SMARTS) is 1. The van der Waals surface area contributed by atoms with E-state index in [0.29, 0.717) is 0 Å². The smallest absolute Gasteiger partial charge is 0.321 e. The SMILES string of the molecule is C[C@H](NS(=O)(=O)c1ccoc1)C(=O)O. The fourth-order valence-electron chi connectivity index (χ4n) is 0.756. The molecule has 0 saturated heterocycles. The lowest BCUT2D eigenvalue weighted by Crippen LogP contribution is -2.38. The van der Waals surface area contributed by atoms with Gasteiger partial charge in [0, 0.05) is 0 Å². The highest BCUT2D eigenvalue weighted by Crippen LogP contribution is 2.08. The highest BCUT2D eigenvalue weighted by Gasteiger charge is 2.21. The molecule has 7 heteroatoms. The Morgan fingerprint density at radius 3 is 2.71 bits per heavy atom. The van der Waals surface area contributed by atoms with Crippen molar-refractivity contribution in [3.05, 3.63) is 18.6 Å². The summed E-state index contributed by atoms with van der Waals surface area (Å²) in [5, 5.41) is 8.49. The van der Waals surface area contributed by atoms with Crippen molar-refractivity contribution in [2.24, 2.45) is 0 Å². The summed E-state index contributed by atoms with van der Waals surface area (Å²) >= 11 is 0. The van der Waals surface area contributed by atoms with Crippen LogP contribution in [0.2, 0.25) is 0 Å². The third kappa shape index (κ3) is 2.33. The van der Waals surface area contributed by atoms with E-state index < -0.39 is 22.0 Å². The normalized spacial score (nSPS) is 13.8. The van der Waals surface area contributed by atoms with Crippen LogP contribution < -0.4 is 4.72 Å². The monoisotopic (exact) mass is 219 g/mol. The maximum atomic E-state index is 11.4. The first kappa shape index (κ1) is 10.7. The molecule has 0 unspecified atom stereocenters. The Labute approximate surface area is 80.6 Å². The topological polar surface area (TPSA) is 96.6 Å². The lowest BCUT2D eigenvalue weighted by molar-refractivity contribution is -0.138. The zero-order valence-electron chi connectivity index (χ0n) is 7.30. The molecule has 1 aromatic heterocycles. The molecule has 0 saturated carbocycles. The number of carbonyl (C=O) groups is 1. The predicted molar refractivity (Wildman–Crippen MR) is 46.1 cm³/mol. The lowest BCUT2D eigenvalue weighted by atomic mass is 10.4. The Kier molecular flexibility index (Phi) is 2.92.